The molecule has 0 saturated heterocycles. The highest BCUT2D eigenvalue weighted by atomic mass is 35.5. The maximum atomic E-state index is 14.4. The summed E-state index contributed by atoms with van der Waals surface area (Å²) in [4.78, 5) is 36.9. The van der Waals surface area contributed by atoms with Gasteiger partial charge in [-0.25, -0.2) is 9.29 Å². The summed E-state index contributed by atoms with van der Waals surface area (Å²) < 4.78 is 18.4. The first-order chi connectivity index (χ1) is 11.9. The number of hydrogen-bond donors (Lipinski definition) is 0. The number of fused-ring (bicyclic) bond motifs is 1. The predicted molar refractivity (Wildman–Crippen MR) is 89.3 cm³/mol. The van der Waals surface area contributed by atoms with Crippen LogP contribution in [0.4, 0.5) is 10.1 Å². The molecule has 2 aromatic rings. The predicted octanol–water partition coefficient (Wildman–Crippen LogP) is 3.91. The largest absolute Gasteiger partial charge is 0.348 e. The molecule has 0 radical (unpaired) electrons. The van der Waals surface area contributed by atoms with Crippen molar-refractivity contribution in [1.29, 1.82) is 0 Å². The van der Waals surface area contributed by atoms with Crippen LogP contribution in [0.5, 0.6) is 0 Å². The molecule has 0 aromatic heterocycles. The van der Waals surface area contributed by atoms with Crippen molar-refractivity contribution in [3.63, 3.8) is 0 Å². The lowest BCUT2D eigenvalue weighted by molar-refractivity contribution is -0.133. The number of aryl methyl sites for hydroxylation is 1. The minimum atomic E-state index is -0.817. The van der Waals surface area contributed by atoms with Crippen LogP contribution in [-0.2, 0) is 15.5 Å². The van der Waals surface area contributed by atoms with E-state index in [1.54, 1.807) is 12.1 Å². The van der Waals surface area contributed by atoms with Crippen molar-refractivity contribution in [3.8, 4) is 0 Å². The fourth-order valence-electron chi connectivity index (χ4n) is 2.63. The molecule has 0 saturated carbocycles. The first-order valence-electron chi connectivity index (χ1n) is 7.21. The van der Waals surface area contributed by atoms with Gasteiger partial charge in [-0.15, -0.1) is 0 Å². The Bertz CT molecular complexity index is 865. The standard InChI is InChI=1S/C17H10Cl2FNO4/c18-12-8-13(20)14(7-9(12)5-6-15(22)25-19)21-16(23)10-3-1-2-4-11(10)17(21)24/h1-4,7-8H,5-6H2. The zero-order valence-corrected chi connectivity index (χ0v) is 14.1. The van der Waals surface area contributed by atoms with E-state index in [9.17, 15) is 18.8 Å². The number of benzene rings is 2. The third-order valence-corrected chi connectivity index (χ3v) is 4.36. The van der Waals surface area contributed by atoms with E-state index in [-0.39, 0.29) is 34.7 Å². The number of halogens is 3. The average molecular weight is 382 g/mol. The lowest BCUT2D eigenvalue weighted by Gasteiger charge is -2.17. The molecule has 8 heteroatoms. The molecule has 0 bridgehead atoms. The van der Waals surface area contributed by atoms with Gasteiger partial charge in [-0.3, -0.25) is 14.4 Å². The van der Waals surface area contributed by atoms with E-state index < -0.39 is 23.6 Å². The lowest BCUT2D eigenvalue weighted by Crippen LogP contribution is -2.30. The van der Waals surface area contributed by atoms with Crippen LogP contribution < -0.4 is 4.90 Å². The second-order valence-electron chi connectivity index (χ2n) is 5.34. The Balaban J connectivity index is 1.99. The first kappa shape index (κ1) is 17.4. The number of amides is 2. The van der Waals surface area contributed by atoms with Crippen LogP contribution in [0, 0.1) is 5.82 Å². The molecule has 0 unspecified atom stereocenters. The number of carbonyl (C=O) groups is 3. The van der Waals surface area contributed by atoms with Crippen LogP contribution in [0.3, 0.4) is 0 Å². The highest BCUT2D eigenvalue weighted by Gasteiger charge is 2.37. The van der Waals surface area contributed by atoms with E-state index in [4.69, 9.17) is 23.5 Å². The fraction of sp³-hybridized carbons (Fsp3) is 0.118. The first-order valence-corrected chi connectivity index (χ1v) is 7.90. The minimum absolute atomic E-state index is 0.0697. The number of carbonyl (C=O) groups excluding carboxylic acids is 3. The summed E-state index contributed by atoms with van der Waals surface area (Å²) >= 11 is 11.0. The molecule has 1 aliphatic rings. The quantitative estimate of drug-likeness (QED) is 0.753. The van der Waals surface area contributed by atoms with Gasteiger partial charge in [0.05, 0.1) is 23.2 Å². The molecule has 1 heterocycles. The molecule has 0 aliphatic carbocycles. The van der Waals surface area contributed by atoms with Gasteiger partial charge < -0.3 is 4.29 Å². The number of rotatable bonds is 4. The third-order valence-electron chi connectivity index (χ3n) is 3.84. The smallest absolute Gasteiger partial charge is 0.325 e. The van der Waals surface area contributed by atoms with Gasteiger partial charge in [-0.1, -0.05) is 23.7 Å². The number of hydrogen-bond acceptors (Lipinski definition) is 4. The Kier molecular flexibility index (Phi) is 4.74. The molecule has 5 nitrogen and oxygen atoms in total. The molecule has 2 amide bonds. The molecule has 1 aliphatic heterocycles. The highest BCUT2D eigenvalue weighted by Crippen LogP contribution is 2.33. The molecule has 128 valence electrons. The van der Waals surface area contributed by atoms with Gasteiger partial charge in [0.25, 0.3) is 11.8 Å². The highest BCUT2D eigenvalue weighted by molar-refractivity contribution is 6.35. The Hall–Kier alpha value is -2.44. The van der Waals surface area contributed by atoms with Crippen molar-refractivity contribution in [1.82, 2.24) is 0 Å². The summed E-state index contributed by atoms with van der Waals surface area (Å²) in [6.07, 6.45) is 0.0250. The van der Waals surface area contributed by atoms with Crippen molar-refractivity contribution in [2.75, 3.05) is 4.90 Å². The Morgan fingerprint density at radius 1 is 1.12 bits per heavy atom. The van der Waals surface area contributed by atoms with Crippen LogP contribution >= 0.6 is 23.5 Å². The summed E-state index contributed by atoms with van der Waals surface area (Å²) in [7, 11) is 0. The summed E-state index contributed by atoms with van der Waals surface area (Å²) in [5, 5.41) is 0.0697. The van der Waals surface area contributed by atoms with Crippen molar-refractivity contribution < 1.29 is 23.1 Å². The van der Waals surface area contributed by atoms with Gasteiger partial charge in [0.2, 0.25) is 0 Å². The van der Waals surface area contributed by atoms with Gasteiger partial charge in [0, 0.05) is 5.02 Å². The summed E-state index contributed by atoms with van der Waals surface area (Å²) in [6, 6.07) is 8.52. The topological polar surface area (TPSA) is 63.7 Å². The van der Waals surface area contributed by atoms with E-state index >= 15 is 0 Å². The van der Waals surface area contributed by atoms with E-state index in [0.29, 0.717) is 5.56 Å². The average Bonchev–Trinajstić information content (AvgIpc) is 2.86. The van der Waals surface area contributed by atoms with E-state index in [1.165, 1.54) is 18.2 Å². The van der Waals surface area contributed by atoms with Gasteiger partial charge in [-0.2, -0.15) is 0 Å². The maximum Gasteiger partial charge on any atom is 0.325 e. The van der Waals surface area contributed by atoms with Crippen LogP contribution in [-0.4, -0.2) is 17.8 Å². The lowest BCUT2D eigenvalue weighted by atomic mass is 10.1. The molecule has 3 rings (SSSR count). The van der Waals surface area contributed by atoms with Crippen LogP contribution in [0.25, 0.3) is 0 Å². The minimum Gasteiger partial charge on any atom is -0.348 e. The molecule has 0 spiro atoms. The monoisotopic (exact) mass is 381 g/mol. The van der Waals surface area contributed by atoms with Crippen molar-refractivity contribution in [3.05, 3.63) is 63.9 Å². The maximum absolute atomic E-state index is 14.4. The SMILES string of the molecule is O=C(CCc1cc(N2C(=O)c3ccccc3C2=O)c(F)cc1Cl)OCl. The Morgan fingerprint density at radius 3 is 2.28 bits per heavy atom. The summed E-state index contributed by atoms with van der Waals surface area (Å²) in [6.45, 7) is 0. The number of nitrogens with zero attached hydrogens (tertiary/aromatic N) is 1. The summed E-state index contributed by atoms with van der Waals surface area (Å²) in [5.74, 6) is -2.73. The normalized spacial score (nSPS) is 13.2. The third kappa shape index (κ3) is 3.10. The molecular formula is C17H10Cl2FNO4. The Labute approximate surface area is 152 Å². The Morgan fingerprint density at radius 2 is 1.72 bits per heavy atom. The fourth-order valence-corrected chi connectivity index (χ4v) is 2.95. The number of imide groups is 1. The van der Waals surface area contributed by atoms with Crippen molar-refractivity contribution in [2.24, 2.45) is 0 Å². The molecule has 0 N–H and O–H groups in total. The van der Waals surface area contributed by atoms with Gasteiger partial charge in [-0.05, 0) is 36.2 Å². The van der Waals surface area contributed by atoms with Gasteiger partial charge in [0.1, 0.15) is 17.7 Å². The van der Waals surface area contributed by atoms with E-state index in [0.717, 1.165) is 11.0 Å². The second-order valence-corrected chi connectivity index (χ2v) is 5.90. The second kappa shape index (κ2) is 6.82. The molecule has 2 aromatic carbocycles. The van der Waals surface area contributed by atoms with Crippen LogP contribution in [0.1, 0.15) is 32.7 Å². The van der Waals surface area contributed by atoms with Crippen molar-refractivity contribution >= 4 is 46.9 Å². The summed E-state index contributed by atoms with van der Waals surface area (Å²) in [5.41, 5.74) is 0.574. The zero-order valence-electron chi connectivity index (χ0n) is 12.6. The van der Waals surface area contributed by atoms with E-state index in [2.05, 4.69) is 4.29 Å². The molecule has 0 atom stereocenters. The molecule has 25 heavy (non-hydrogen) atoms. The molecular weight excluding hydrogens is 372 g/mol. The zero-order chi connectivity index (χ0) is 18.1. The van der Waals surface area contributed by atoms with Gasteiger partial charge >= 0.3 is 5.97 Å². The molecule has 0 fully saturated rings. The van der Waals surface area contributed by atoms with Gasteiger partial charge in [0.15, 0.2) is 0 Å². The van der Waals surface area contributed by atoms with Crippen molar-refractivity contribution in [2.45, 2.75) is 12.8 Å². The number of anilines is 1. The van der Waals surface area contributed by atoms with E-state index in [1.807, 2.05) is 0 Å². The van der Waals surface area contributed by atoms with Crippen LogP contribution in [0.2, 0.25) is 5.02 Å². The van der Waals surface area contributed by atoms with Crippen LogP contribution in [0.15, 0.2) is 36.4 Å².